The van der Waals surface area contributed by atoms with Gasteiger partial charge in [0.25, 0.3) is 0 Å². The molecule has 12 heavy (non-hydrogen) atoms. The van der Waals surface area contributed by atoms with E-state index < -0.39 is 25.0 Å². The molecule has 0 radical (unpaired) electrons. The molecule has 0 aliphatic rings. The Kier molecular flexibility index (Phi) is 3.65. The Hall–Kier alpha value is -0.445. The Bertz CT molecular complexity index is 288. The second kappa shape index (κ2) is 4.55. The van der Waals surface area contributed by atoms with Gasteiger partial charge in [0.1, 0.15) is 0 Å². The molecule has 0 saturated heterocycles. The zero-order chi connectivity index (χ0) is 8.97. The van der Waals surface area contributed by atoms with Crippen molar-refractivity contribution >= 4 is 9.04 Å². The number of hydrogen-bond acceptors (Lipinski definition) is 2. The van der Waals surface area contributed by atoms with Gasteiger partial charge in [0.05, 0.1) is 0 Å². The van der Waals surface area contributed by atoms with Crippen molar-refractivity contribution in [3.63, 3.8) is 0 Å². The quantitative estimate of drug-likeness (QED) is 0.741. The molecule has 0 saturated carbocycles. The zero-order valence-corrected chi connectivity index (χ0v) is 12.2. The Morgan fingerprint density at radius 1 is 1.58 bits per heavy atom. The summed E-state index contributed by atoms with van der Waals surface area (Å²) in [5.74, 6) is -0.527. The van der Waals surface area contributed by atoms with Crippen LogP contribution in [0.3, 0.4) is 0 Å². The van der Waals surface area contributed by atoms with Crippen LogP contribution >= 0.6 is 0 Å². The maximum atomic E-state index is 12.6. The average Bonchev–Trinajstić information content (AvgIpc) is 2.01. The Morgan fingerprint density at radius 3 is 2.92 bits per heavy atom. The van der Waals surface area contributed by atoms with Gasteiger partial charge in [-0.25, -0.2) is 0 Å². The van der Waals surface area contributed by atoms with Gasteiger partial charge in [-0.3, -0.25) is 0 Å². The van der Waals surface area contributed by atoms with E-state index in [4.69, 9.17) is 2.64 Å². The zero-order valence-electron chi connectivity index (χ0n) is 6.71. The molecule has 1 aromatic carbocycles. The first-order valence-electron chi connectivity index (χ1n) is 3.56. The third-order valence-electron chi connectivity index (χ3n) is 1.33. The summed E-state index contributed by atoms with van der Waals surface area (Å²) in [4.78, 5) is 10.4. The molecule has 1 aromatic rings. The van der Waals surface area contributed by atoms with Crippen LogP contribution in [-0.4, -0.2) is 5.97 Å². The van der Waals surface area contributed by atoms with Gasteiger partial charge < -0.3 is 0 Å². The molecule has 2 nitrogen and oxygen atoms in total. The Morgan fingerprint density at radius 2 is 2.33 bits per heavy atom. The summed E-state index contributed by atoms with van der Waals surface area (Å²) in [5, 5.41) is 0. The van der Waals surface area contributed by atoms with Crippen molar-refractivity contribution in [2.24, 2.45) is 0 Å². The first-order chi connectivity index (χ1) is 5.68. The summed E-state index contributed by atoms with van der Waals surface area (Å²) >= 11 is -1.79. The molecule has 0 aliphatic heterocycles. The fraction of sp³-hybridized carbons (Fsp3) is 0.125. The minimum absolute atomic E-state index is 0.263. The first kappa shape index (κ1) is 9.64. The molecular formula is C8H7FHgO2. The van der Waals surface area contributed by atoms with Crippen LogP contribution in [-0.2, 0) is 32.5 Å². The van der Waals surface area contributed by atoms with E-state index in [2.05, 4.69) is 0 Å². The summed E-state index contributed by atoms with van der Waals surface area (Å²) in [6.45, 7) is 1.37. The van der Waals surface area contributed by atoms with Crippen molar-refractivity contribution in [3.05, 3.63) is 30.1 Å². The molecular weight excluding hydrogens is 348 g/mol. The van der Waals surface area contributed by atoms with Gasteiger partial charge in [-0.2, -0.15) is 0 Å². The van der Waals surface area contributed by atoms with Crippen molar-refractivity contribution in [2.45, 2.75) is 6.92 Å². The number of hydrogen-bond donors (Lipinski definition) is 0. The van der Waals surface area contributed by atoms with E-state index in [0.29, 0.717) is 0 Å². The van der Waals surface area contributed by atoms with Crippen molar-refractivity contribution in [3.8, 4) is 0 Å². The van der Waals surface area contributed by atoms with E-state index in [1.165, 1.54) is 19.1 Å². The predicted molar refractivity (Wildman–Crippen MR) is 37.8 cm³/mol. The van der Waals surface area contributed by atoms with Gasteiger partial charge in [-0.05, 0) is 0 Å². The molecule has 0 aromatic heterocycles. The van der Waals surface area contributed by atoms with E-state index in [0.717, 1.165) is 3.07 Å². The van der Waals surface area contributed by atoms with Gasteiger partial charge >= 0.3 is 82.9 Å². The number of rotatable bonds is 2. The summed E-state index contributed by atoms with van der Waals surface area (Å²) < 4.78 is 18.4. The number of halogens is 1. The van der Waals surface area contributed by atoms with Crippen LogP contribution in [0.4, 0.5) is 4.39 Å². The second-order valence-corrected chi connectivity index (χ2v) is 7.83. The van der Waals surface area contributed by atoms with Crippen molar-refractivity contribution in [1.29, 1.82) is 0 Å². The Balaban J connectivity index is 2.57. The second-order valence-electron chi connectivity index (χ2n) is 2.41. The number of carbonyl (C=O) groups excluding carboxylic acids is 1. The van der Waals surface area contributed by atoms with Gasteiger partial charge in [0.15, 0.2) is 0 Å². The minimum atomic E-state index is -1.79. The van der Waals surface area contributed by atoms with Crippen molar-refractivity contribution < 1.29 is 36.9 Å². The molecule has 0 amide bonds. The molecule has 4 heteroatoms. The van der Waals surface area contributed by atoms with Gasteiger partial charge in [-0.15, -0.1) is 0 Å². The van der Waals surface area contributed by atoms with Gasteiger partial charge in [0, 0.05) is 0 Å². The molecule has 0 fully saturated rings. The number of benzene rings is 1. The molecule has 0 spiro atoms. The standard InChI is InChI=1S/C6H4F.C2H4O2.Hg/c7-6-4-2-1-3-5-6;1-2(3)4;/h1-2,4-5H;1H3,(H,3,4);/q;;+1/p-1. The van der Waals surface area contributed by atoms with E-state index in [-0.39, 0.29) is 11.8 Å². The SMILES string of the molecule is CC(=O)[O][Hg][c]1cccc(F)c1. The summed E-state index contributed by atoms with van der Waals surface area (Å²) in [7, 11) is 0. The average molecular weight is 355 g/mol. The normalized spacial score (nSPS) is 8.83. The molecule has 0 N–H and O–H groups in total. The van der Waals surface area contributed by atoms with Crippen molar-refractivity contribution in [2.75, 3.05) is 0 Å². The number of carbonyl (C=O) groups is 1. The summed E-state index contributed by atoms with van der Waals surface area (Å²) in [6, 6.07) is 6.25. The van der Waals surface area contributed by atoms with Crippen LogP contribution in [0.25, 0.3) is 0 Å². The summed E-state index contributed by atoms with van der Waals surface area (Å²) in [5.41, 5.74) is 0. The van der Waals surface area contributed by atoms with Gasteiger partial charge in [0.2, 0.25) is 0 Å². The predicted octanol–water partition coefficient (Wildman–Crippen LogP) is 1.01. The van der Waals surface area contributed by atoms with Crippen LogP contribution in [0.5, 0.6) is 0 Å². The molecule has 0 heterocycles. The van der Waals surface area contributed by atoms with Crippen LogP contribution in [0, 0.1) is 5.82 Å². The third-order valence-corrected chi connectivity index (χ3v) is 6.48. The fourth-order valence-electron chi connectivity index (χ4n) is 0.812. The summed E-state index contributed by atoms with van der Waals surface area (Å²) in [6.07, 6.45) is 0. The Labute approximate surface area is 82.8 Å². The molecule has 0 aliphatic carbocycles. The third kappa shape index (κ3) is 3.30. The molecule has 0 unspecified atom stereocenters. The maximum absolute atomic E-state index is 12.6. The molecule has 0 bridgehead atoms. The van der Waals surface area contributed by atoms with E-state index in [1.54, 1.807) is 12.1 Å². The van der Waals surface area contributed by atoms with Crippen LogP contribution in [0.2, 0.25) is 0 Å². The molecule has 60 valence electrons. The van der Waals surface area contributed by atoms with Crippen LogP contribution in [0.1, 0.15) is 6.92 Å². The molecule has 1 rings (SSSR count). The topological polar surface area (TPSA) is 26.3 Å². The van der Waals surface area contributed by atoms with Crippen molar-refractivity contribution in [1.82, 2.24) is 0 Å². The van der Waals surface area contributed by atoms with Crippen LogP contribution in [0.15, 0.2) is 24.3 Å². The van der Waals surface area contributed by atoms with E-state index >= 15 is 0 Å². The van der Waals surface area contributed by atoms with Crippen LogP contribution < -0.4 is 3.07 Å². The molecule has 0 atom stereocenters. The van der Waals surface area contributed by atoms with E-state index in [1.807, 2.05) is 0 Å². The first-order valence-corrected chi connectivity index (χ1v) is 8.55. The van der Waals surface area contributed by atoms with Gasteiger partial charge in [-0.1, -0.05) is 0 Å². The fourth-order valence-corrected chi connectivity index (χ4v) is 4.23. The van der Waals surface area contributed by atoms with E-state index in [9.17, 15) is 9.18 Å². The monoisotopic (exact) mass is 356 g/mol.